The fraction of sp³-hybridized carbons (Fsp3) is 0.0909. The summed E-state index contributed by atoms with van der Waals surface area (Å²) in [6, 6.07) is 14.0. The summed E-state index contributed by atoms with van der Waals surface area (Å²) >= 11 is 15.2. The highest BCUT2D eigenvalue weighted by Gasteiger charge is 2.13. The van der Waals surface area contributed by atoms with Gasteiger partial charge < -0.3 is 9.47 Å². The van der Waals surface area contributed by atoms with Crippen LogP contribution < -0.4 is 14.9 Å². The number of non-ortho nitro benzene ring substituents is 1. The third-order valence-electron chi connectivity index (χ3n) is 4.34. The van der Waals surface area contributed by atoms with E-state index < -0.39 is 10.8 Å². The number of carbonyl (C=O) groups is 1. The molecular weight excluding hydrogens is 537 g/mol. The minimum absolute atomic E-state index is 0.00685. The SMILES string of the molecule is COc1cc(/C=N\NC(=O)c2ccc(Cl)c(Cl)c2)cc(Br)c1OCc1ccc([N+](=O)[O-])cc1. The monoisotopic (exact) mass is 551 g/mol. The summed E-state index contributed by atoms with van der Waals surface area (Å²) < 4.78 is 11.8. The maximum absolute atomic E-state index is 12.2. The van der Waals surface area contributed by atoms with Gasteiger partial charge in [0.2, 0.25) is 0 Å². The number of hydrazone groups is 1. The topological polar surface area (TPSA) is 103 Å². The first-order valence-electron chi connectivity index (χ1n) is 9.30. The standard InChI is InChI=1S/C22H16BrCl2N3O5/c1-32-20-9-14(11-26-27-22(29)15-4-7-18(24)19(25)10-15)8-17(23)21(20)33-12-13-2-5-16(6-3-13)28(30)31/h2-11H,12H2,1H3,(H,27,29)/b26-11-. The van der Waals surface area contributed by atoms with Crippen molar-refractivity contribution >= 4 is 56.9 Å². The van der Waals surface area contributed by atoms with Crippen LogP contribution in [0.2, 0.25) is 10.0 Å². The van der Waals surface area contributed by atoms with Crippen molar-refractivity contribution in [3.63, 3.8) is 0 Å². The number of rotatable bonds is 8. The first kappa shape index (κ1) is 24.5. The van der Waals surface area contributed by atoms with E-state index in [1.807, 2.05) is 0 Å². The summed E-state index contributed by atoms with van der Waals surface area (Å²) in [4.78, 5) is 22.5. The van der Waals surface area contributed by atoms with Gasteiger partial charge in [-0.1, -0.05) is 23.2 Å². The van der Waals surface area contributed by atoms with E-state index in [0.717, 1.165) is 5.56 Å². The highest BCUT2D eigenvalue weighted by molar-refractivity contribution is 9.10. The Morgan fingerprint density at radius 2 is 1.88 bits per heavy atom. The first-order valence-corrected chi connectivity index (χ1v) is 10.9. The van der Waals surface area contributed by atoms with Crippen molar-refractivity contribution in [1.82, 2.24) is 5.43 Å². The molecular formula is C22H16BrCl2N3O5. The first-order chi connectivity index (χ1) is 15.8. The molecule has 11 heteroatoms. The molecule has 0 atom stereocenters. The predicted molar refractivity (Wildman–Crippen MR) is 130 cm³/mol. The van der Waals surface area contributed by atoms with Gasteiger partial charge in [-0.05, 0) is 69.5 Å². The summed E-state index contributed by atoms with van der Waals surface area (Å²) in [5, 5.41) is 15.4. The van der Waals surface area contributed by atoms with E-state index in [0.29, 0.717) is 32.1 Å². The molecule has 8 nitrogen and oxygen atoms in total. The van der Waals surface area contributed by atoms with Crippen LogP contribution in [0.5, 0.6) is 11.5 Å². The second-order valence-corrected chi connectivity index (χ2v) is 8.24. The Kier molecular flexibility index (Phi) is 8.26. The molecule has 3 rings (SSSR count). The lowest BCUT2D eigenvalue weighted by molar-refractivity contribution is -0.384. The maximum atomic E-state index is 12.2. The molecule has 0 saturated heterocycles. The number of nitrogens with one attached hydrogen (secondary N) is 1. The third kappa shape index (κ3) is 6.44. The van der Waals surface area contributed by atoms with Gasteiger partial charge in [-0.25, -0.2) is 5.43 Å². The Bertz CT molecular complexity index is 1220. The molecule has 0 spiro atoms. The quantitative estimate of drug-likeness (QED) is 0.209. The van der Waals surface area contributed by atoms with E-state index in [1.165, 1.54) is 43.7 Å². The lowest BCUT2D eigenvalue weighted by Crippen LogP contribution is -2.17. The van der Waals surface area contributed by atoms with E-state index in [-0.39, 0.29) is 17.3 Å². The number of hydrogen-bond donors (Lipinski definition) is 1. The fourth-order valence-electron chi connectivity index (χ4n) is 2.69. The molecule has 33 heavy (non-hydrogen) atoms. The molecule has 3 aromatic rings. The van der Waals surface area contributed by atoms with Crippen molar-refractivity contribution in [2.45, 2.75) is 6.61 Å². The van der Waals surface area contributed by atoms with Crippen LogP contribution in [0.4, 0.5) is 5.69 Å². The Hall–Kier alpha value is -3.14. The Morgan fingerprint density at radius 3 is 2.52 bits per heavy atom. The van der Waals surface area contributed by atoms with Crippen LogP contribution in [0.1, 0.15) is 21.5 Å². The number of nitro benzene ring substituents is 1. The van der Waals surface area contributed by atoms with Crippen LogP contribution in [-0.2, 0) is 6.61 Å². The average Bonchev–Trinajstić information content (AvgIpc) is 2.80. The van der Waals surface area contributed by atoms with E-state index in [2.05, 4.69) is 26.5 Å². The summed E-state index contributed by atoms with van der Waals surface area (Å²) in [5.41, 5.74) is 4.13. The average molecular weight is 553 g/mol. The predicted octanol–water partition coefficient (Wildman–Crippen LogP) is 6.02. The summed E-state index contributed by atoms with van der Waals surface area (Å²) in [7, 11) is 1.49. The molecule has 0 radical (unpaired) electrons. The fourth-order valence-corrected chi connectivity index (χ4v) is 3.56. The van der Waals surface area contributed by atoms with E-state index in [9.17, 15) is 14.9 Å². The number of nitrogens with zero attached hydrogens (tertiary/aromatic N) is 2. The Balaban J connectivity index is 1.68. The number of ether oxygens (including phenoxy) is 2. The zero-order valence-electron chi connectivity index (χ0n) is 17.1. The van der Waals surface area contributed by atoms with E-state index in [1.54, 1.807) is 24.3 Å². The molecule has 0 fully saturated rings. The molecule has 0 saturated carbocycles. The molecule has 0 aliphatic rings. The Morgan fingerprint density at radius 1 is 1.15 bits per heavy atom. The van der Waals surface area contributed by atoms with Crippen molar-refractivity contribution in [3.8, 4) is 11.5 Å². The molecule has 1 amide bonds. The zero-order valence-corrected chi connectivity index (χ0v) is 20.1. The number of amides is 1. The highest BCUT2D eigenvalue weighted by Crippen LogP contribution is 2.37. The molecule has 3 aromatic carbocycles. The van der Waals surface area contributed by atoms with Crippen molar-refractivity contribution in [2.24, 2.45) is 5.10 Å². The largest absolute Gasteiger partial charge is 0.493 e. The van der Waals surface area contributed by atoms with Gasteiger partial charge in [-0.2, -0.15) is 5.10 Å². The van der Waals surface area contributed by atoms with Crippen LogP contribution in [0.3, 0.4) is 0 Å². The van der Waals surface area contributed by atoms with E-state index >= 15 is 0 Å². The van der Waals surface area contributed by atoms with Gasteiger partial charge >= 0.3 is 0 Å². The number of methoxy groups -OCH3 is 1. The van der Waals surface area contributed by atoms with Crippen molar-refractivity contribution in [3.05, 3.63) is 95.9 Å². The van der Waals surface area contributed by atoms with Crippen LogP contribution in [0, 0.1) is 10.1 Å². The Labute approximate surface area is 207 Å². The van der Waals surface area contributed by atoms with Gasteiger partial charge in [0.05, 0.1) is 32.8 Å². The van der Waals surface area contributed by atoms with Gasteiger partial charge in [-0.3, -0.25) is 14.9 Å². The number of halogens is 3. The van der Waals surface area contributed by atoms with Gasteiger partial charge in [0.15, 0.2) is 11.5 Å². The number of benzene rings is 3. The smallest absolute Gasteiger partial charge is 0.271 e. The molecule has 0 aliphatic heterocycles. The van der Waals surface area contributed by atoms with E-state index in [4.69, 9.17) is 32.7 Å². The molecule has 1 N–H and O–H groups in total. The summed E-state index contributed by atoms with van der Waals surface area (Å²) in [6.45, 7) is 0.181. The molecule has 0 aromatic heterocycles. The van der Waals surface area contributed by atoms with Crippen molar-refractivity contribution < 1.29 is 19.2 Å². The zero-order chi connectivity index (χ0) is 24.0. The highest BCUT2D eigenvalue weighted by atomic mass is 79.9. The molecule has 170 valence electrons. The minimum Gasteiger partial charge on any atom is -0.493 e. The number of nitro groups is 1. The van der Waals surface area contributed by atoms with Crippen LogP contribution >= 0.6 is 39.1 Å². The van der Waals surface area contributed by atoms with Crippen LogP contribution in [0.15, 0.2) is 64.2 Å². The van der Waals surface area contributed by atoms with Gasteiger partial charge in [-0.15, -0.1) is 0 Å². The van der Waals surface area contributed by atoms with Crippen molar-refractivity contribution in [1.29, 1.82) is 0 Å². The molecule has 0 unspecified atom stereocenters. The minimum atomic E-state index is -0.461. The second kappa shape index (κ2) is 11.1. The van der Waals surface area contributed by atoms with Gasteiger partial charge in [0.1, 0.15) is 6.61 Å². The third-order valence-corrected chi connectivity index (χ3v) is 5.67. The van der Waals surface area contributed by atoms with Gasteiger partial charge in [0, 0.05) is 17.7 Å². The lowest BCUT2D eigenvalue weighted by Gasteiger charge is -2.13. The molecule has 0 bridgehead atoms. The summed E-state index contributed by atoms with van der Waals surface area (Å²) in [5.74, 6) is 0.440. The van der Waals surface area contributed by atoms with Crippen LogP contribution in [0.25, 0.3) is 0 Å². The maximum Gasteiger partial charge on any atom is 0.271 e. The number of hydrogen-bond acceptors (Lipinski definition) is 6. The second-order valence-electron chi connectivity index (χ2n) is 6.57. The van der Waals surface area contributed by atoms with Crippen LogP contribution in [-0.4, -0.2) is 24.2 Å². The van der Waals surface area contributed by atoms with Crippen molar-refractivity contribution in [2.75, 3.05) is 7.11 Å². The van der Waals surface area contributed by atoms with Gasteiger partial charge in [0.25, 0.3) is 11.6 Å². The summed E-state index contributed by atoms with van der Waals surface area (Å²) in [6.07, 6.45) is 1.45. The lowest BCUT2D eigenvalue weighted by atomic mass is 10.2. The molecule has 0 aliphatic carbocycles. The number of carbonyl (C=O) groups excluding carboxylic acids is 1. The normalized spacial score (nSPS) is 10.8. The molecule has 0 heterocycles.